The van der Waals surface area contributed by atoms with Gasteiger partial charge in [-0.2, -0.15) is 0 Å². The third-order valence-electron chi connectivity index (χ3n) is 3.33. The predicted octanol–water partition coefficient (Wildman–Crippen LogP) is 2.40. The van der Waals surface area contributed by atoms with E-state index in [9.17, 15) is 0 Å². The molecule has 1 aromatic heterocycles. The average Bonchev–Trinajstić information content (AvgIpc) is 2.90. The maximum atomic E-state index is 5.61. The summed E-state index contributed by atoms with van der Waals surface area (Å²) in [7, 11) is 0. The van der Waals surface area contributed by atoms with Crippen molar-refractivity contribution in [2.45, 2.75) is 33.1 Å². The van der Waals surface area contributed by atoms with Crippen LogP contribution in [0.1, 0.15) is 30.5 Å². The van der Waals surface area contributed by atoms with Gasteiger partial charge in [0, 0.05) is 23.9 Å². The van der Waals surface area contributed by atoms with Crippen molar-refractivity contribution in [1.29, 1.82) is 0 Å². The lowest BCUT2D eigenvalue weighted by molar-refractivity contribution is 0.149. The van der Waals surface area contributed by atoms with Crippen LogP contribution in [0.25, 0.3) is 0 Å². The Morgan fingerprint density at radius 3 is 3.06 bits per heavy atom. The minimum Gasteiger partial charge on any atom is -0.381 e. The standard InChI is InChI=1S/C13H22N2OS/c1-3-5-14-9-13(4-6-16-10-13)7-12-8-17-11(2)15-12/h8,14H,3-7,9-10H2,1-2H3. The van der Waals surface area contributed by atoms with E-state index in [-0.39, 0.29) is 5.41 Å². The van der Waals surface area contributed by atoms with Crippen molar-refractivity contribution < 1.29 is 4.74 Å². The van der Waals surface area contributed by atoms with Gasteiger partial charge in [-0.05, 0) is 32.7 Å². The number of ether oxygens (including phenoxy) is 1. The van der Waals surface area contributed by atoms with Crippen molar-refractivity contribution >= 4 is 11.3 Å². The molecule has 1 fully saturated rings. The Morgan fingerprint density at radius 1 is 1.59 bits per heavy atom. The van der Waals surface area contributed by atoms with Crippen LogP contribution in [0, 0.1) is 12.3 Å². The third kappa shape index (κ3) is 3.50. The number of nitrogens with one attached hydrogen (secondary N) is 1. The number of aryl methyl sites for hydroxylation is 1. The molecule has 3 nitrogen and oxygen atoms in total. The second-order valence-electron chi connectivity index (χ2n) is 5.01. The smallest absolute Gasteiger partial charge is 0.0897 e. The molecule has 2 rings (SSSR count). The summed E-state index contributed by atoms with van der Waals surface area (Å²) >= 11 is 1.74. The first-order valence-corrected chi connectivity index (χ1v) is 7.31. The molecule has 0 aromatic carbocycles. The number of nitrogens with zero attached hydrogens (tertiary/aromatic N) is 1. The first-order valence-electron chi connectivity index (χ1n) is 6.44. The minimum atomic E-state index is 0.273. The molecule has 0 saturated carbocycles. The molecule has 1 aromatic rings. The Labute approximate surface area is 108 Å². The minimum absolute atomic E-state index is 0.273. The molecule has 1 atom stereocenters. The highest BCUT2D eigenvalue weighted by Crippen LogP contribution is 2.32. The lowest BCUT2D eigenvalue weighted by Gasteiger charge is -2.27. The van der Waals surface area contributed by atoms with E-state index in [4.69, 9.17) is 4.74 Å². The summed E-state index contributed by atoms with van der Waals surface area (Å²) in [6, 6.07) is 0. The zero-order valence-electron chi connectivity index (χ0n) is 10.8. The van der Waals surface area contributed by atoms with E-state index in [1.807, 2.05) is 0 Å². The lowest BCUT2D eigenvalue weighted by Crippen LogP contribution is -2.37. The molecule has 1 aliphatic heterocycles. The fourth-order valence-electron chi connectivity index (χ4n) is 2.39. The molecule has 1 saturated heterocycles. The van der Waals surface area contributed by atoms with Gasteiger partial charge in [0.05, 0.1) is 17.3 Å². The van der Waals surface area contributed by atoms with Gasteiger partial charge in [-0.3, -0.25) is 0 Å². The zero-order chi connectivity index (χ0) is 12.1. The van der Waals surface area contributed by atoms with E-state index >= 15 is 0 Å². The van der Waals surface area contributed by atoms with Crippen LogP contribution < -0.4 is 5.32 Å². The first-order chi connectivity index (χ1) is 8.24. The molecule has 1 aliphatic rings. The van der Waals surface area contributed by atoms with Crippen LogP contribution in [0.3, 0.4) is 0 Å². The molecule has 1 N–H and O–H groups in total. The monoisotopic (exact) mass is 254 g/mol. The van der Waals surface area contributed by atoms with Crippen molar-refractivity contribution in [3.05, 3.63) is 16.1 Å². The summed E-state index contributed by atoms with van der Waals surface area (Å²) in [6.07, 6.45) is 3.39. The predicted molar refractivity (Wildman–Crippen MR) is 71.6 cm³/mol. The first kappa shape index (κ1) is 13.0. The molecule has 0 amide bonds. The molecule has 2 heterocycles. The quantitative estimate of drug-likeness (QED) is 0.792. The third-order valence-corrected chi connectivity index (χ3v) is 4.16. The number of hydrogen-bond donors (Lipinski definition) is 1. The molecule has 4 heteroatoms. The van der Waals surface area contributed by atoms with E-state index in [2.05, 4.69) is 29.5 Å². The van der Waals surface area contributed by atoms with Gasteiger partial charge in [0.2, 0.25) is 0 Å². The number of thiazole rings is 1. The fraction of sp³-hybridized carbons (Fsp3) is 0.769. The molecule has 0 spiro atoms. The van der Waals surface area contributed by atoms with Gasteiger partial charge in [0.1, 0.15) is 0 Å². The summed E-state index contributed by atoms with van der Waals surface area (Å²) in [5.74, 6) is 0. The van der Waals surface area contributed by atoms with Crippen molar-refractivity contribution in [3.8, 4) is 0 Å². The molecule has 96 valence electrons. The Hall–Kier alpha value is -0.450. The molecular formula is C13H22N2OS. The van der Waals surface area contributed by atoms with Crippen molar-refractivity contribution in [3.63, 3.8) is 0 Å². The molecule has 17 heavy (non-hydrogen) atoms. The summed E-state index contributed by atoms with van der Waals surface area (Å²) in [5, 5.41) is 6.89. The normalized spacial score (nSPS) is 24.4. The number of aromatic nitrogens is 1. The van der Waals surface area contributed by atoms with Gasteiger partial charge in [-0.25, -0.2) is 4.98 Å². The lowest BCUT2D eigenvalue weighted by atomic mass is 9.82. The molecule has 0 radical (unpaired) electrons. The van der Waals surface area contributed by atoms with Crippen LogP contribution in [-0.2, 0) is 11.2 Å². The van der Waals surface area contributed by atoms with Gasteiger partial charge < -0.3 is 10.1 Å². The number of hydrogen-bond acceptors (Lipinski definition) is 4. The summed E-state index contributed by atoms with van der Waals surface area (Å²) in [6.45, 7) is 8.20. The van der Waals surface area contributed by atoms with Crippen LogP contribution in [0.4, 0.5) is 0 Å². The largest absolute Gasteiger partial charge is 0.381 e. The topological polar surface area (TPSA) is 34.2 Å². The molecule has 0 bridgehead atoms. The van der Waals surface area contributed by atoms with Crippen molar-refractivity contribution in [2.24, 2.45) is 5.41 Å². The van der Waals surface area contributed by atoms with E-state index < -0.39 is 0 Å². The fourth-order valence-corrected chi connectivity index (χ4v) is 3.01. The highest BCUT2D eigenvalue weighted by atomic mass is 32.1. The van der Waals surface area contributed by atoms with Gasteiger partial charge in [0.25, 0.3) is 0 Å². The molecule has 1 unspecified atom stereocenters. The van der Waals surface area contributed by atoms with Crippen molar-refractivity contribution in [1.82, 2.24) is 10.3 Å². The van der Waals surface area contributed by atoms with Crippen LogP contribution in [-0.4, -0.2) is 31.3 Å². The maximum Gasteiger partial charge on any atom is 0.0897 e. The Balaban J connectivity index is 1.96. The van der Waals surface area contributed by atoms with Crippen LogP contribution >= 0.6 is 11.3 Å². The zero-order valence-corrected chi connectivity index (χ0v) is 11.6. The van der Waals surface area contributed by atoms with Crippen LogP contribution in [0.15, 0.2) is 5.38 Å². The highest BCUT2D eigenvalue weighted by molar-refractivity contribution is 7.09. The van der Waals surface area contributed by atoms with Gasteiger partial charge in [0.15, 0.2) is 0 Å². The Morgan fingerprint density at radius 2 is 2.47 bits per heavy atom. The maximum absolute atomic E-state index is 5.61. The summed E-state index contributed by atoms with van der Waals surface area (Å²) < 4.78 is 5.61. The van der Waals surface area contributed by atoms with Crippen LogP contribution in [0.5, 0.6) is 0 Å². The second kappa shape index (κ2) is 5.94. The number of rotatable bonds is 6. The second-order valence-corrected chi connectivity index (χ2v) is 6.08. The Kier molecular flexibility index (Phi) is 4.54. The molecular weight excluding hydrogens is 232 g/mol. The van der Waals surface area contributed by atoms with Crippen LogP contribution in [0.2, 0.25) is 0 Å². The van der Waals surface area contributed by atoms with E-state index in [0.29, 0.717) is 0 Å². The van der Waals surface area contributed by atoms with E-state index in [0.717, 1.165) is 44.2 Å². The van der Waals surface area contributed by atoms with Gasteiger partial charge >= 0.3 is 0 Å². The van der Waals surface area contributed by atoms with E-state index in [1.165, 1.54) is 12.1 Å². The molecule has 0 aliphatic carbocycles. The summed E-state index contributed by atoms with van der Waals surface area (Å²) in [5.41, 5.74) is 1.51. The SMILES string of the molecule is CCCNCC1(Cc2csc(C)n2)CCOC1. The van der Waals surface area contributed by atoms with Gasteiger partial charge in [-0.1, -0.05) is 6.92 Å². The van der Waals surface area contributed by atoms with E-state index in [1.54, 1.807) is 11.3 Å². The summed E-state index contributed by atoms with van der Waals surface area (Å²) in [4.78, 5) is 4.58. The Bertz CT molecular complexity index is 345. The average molecular weight is 254 g/mol. The van der Waals surface area contributed by atoms with Crippen molar-refractivity contribution in [2.75, 3.05) is 26.3 Å². The highest BCUT2D eigenvalue weighted by Gasteiger charge is 2.35. The van der Waals surface area contributed by atoms with Gasteiger partial charge in [-0.15, -0.1) is 11.3 Å².